The highest BCUT2D eigenvalue weighted by Crippen LogP contribution is 2.19. The molecule has 1 aliphatic heterocycles. The number of piperazine rings is 1. The zero-order valence-electron chi connectivity index (χ0n) is 17.4. The standard InChI is InChI=1S/C23H24BrFN4O2/c1-16-4-6-17(7-5-16)22-26-21(31-27-22)3-2-10-28-11-13-29(14-12-28)23(30)19-15-18(24)8-9-20(19)25/h4-9,15H,2-3,10-14H2,1H3. The van der Waals surface area contributed by atoms with Crippen molar-refractivity contribution in [3.05, 3.63) is 69.8 Å². The molecule has 31 heavy (non-hydrogen) atoms. The van der Waals surface area contributed by atoms with Gasteiger partial charge in [-0.05, 0) is 38.1 Å². The second-order valence-electron chi connectivity index (χ2n) is 7.74. The van der Waals surface area contributed by atoms with Gasteiger partial charge in [-0.15, -0.1) is 0 Å². The largest absolute Gasteiger partial charge is 0.339 e. The molecule has 1 amide bonds. The van der Waals surface area contributed by atoms with Crippen LogP contribution in [-0.4, -0.2) is 58.6 Å². The van der Waals surface area contributed by atoms with Gasteiger partial charge in [-0.1, -0.05) is 50.9 Å². The summed E-state index contributed by atoms with van der Waals surface area (Å²) < 4.78 is 20.1. The summed E-state index contributed by atoms with van der Waals surface area (Å²) in [4.78, 5) is 21.1. The number of benzene rings is 2. The van der Waals surface area contributed by atoms with Crippen molar-refractivity contribution in [3.63, 3.8) is 0 Å². The van der Waals surface area contributed by atoms with Crippen LogP contribution in [0.1, 0.15) is 28.2 Å². The molecule has 1 saturated heterocycles. The lowest BCUT2D eigenvalue weighted by molar-refractivity contribution is 0.0631. The van der Waals surface area contributed by atoms with Gasteiger partial charge in [0, 0.05) is 42.6 Å². The number of aromatic nitrogens is 2. The quantitative estimate of drug-likeness (QED) is 0.518. The van der Waals surface area contributed by atoms with Crippen molar-refractivity contribution in [1.82, 2.24) is 19.9 Å². The highest BCUT2D eigenvalue weighted by atomic mass is 79.9. The van der Waals surface area contributed by atoms with Crippen molar-refractivity contribution in [2.75, 3.05) is 32.7 Å². The van der Waals surface area contributed by atoms with Gasteiger partial charge in [-0.2, -0.15) is 4.98 Å². The smallest absolute Gasteiger partial charge is 0.256 e. The summed E-state index contributed by atoms with van der Waals surface area (Å²) in [5, 5.41) is 4.08. The fourth-order valence-electron chi connectivity index (χ4n) is 3.64. The molecular formula is C23H24BrFN4O2. The van der Waals surface area contributed by atoms with E-state index in [1.54, 1.807) is 17.0 Å². The Balaban J connectivity index is 1.23. The minimum absolute atomic E-state index is 0.114. The number of amides is 1. The molecule has 6 nitrogen and oxygen atoms in total. The molecule has 2 heterocycles. The molecule has 0 atom stereocenters. The number of halogens is 2. The van der Waals surface area contributed by atoms with Crippen LogP contribution in [0.3, 0.4) is 0 Å². The van der Waals surface area contributed by atoms with Gasteiger partial charge < -0.3 is 9.42 Å². The van der Waals surface area contributed by atoms with Crippen LogP contribution in [0.4, 0.5) is 4.39 Å². The monoisotopic (exact) mass is 486 g/mol. The van der Waals surface area contributed by atoms with Gasteiger partial charge in [0.15, 0.2) is 0 Å². The Morgan fingerprint density at radius 1 is 1.13 bits per heavy atom. The lowest BCUT2D eigenvalue weighted by Crippen LogP contribution is -2.49. The molecule has 0 bridgehead atoms. The molecule has 1 fully saturated rings. The van der Waals surface area contributed by atoms with Crippen LogP contribution in [0.15, 0.2) is 51.5 Å². The Hall–Kier alpha value is -2.58. The molecule has 4 rings (SSSR count). The van der Waals surface area contributed by atoms with E-state index in [1.165, 1.54) is 11.6 Å². The molecule has 0 aliphatic carbocycles. The van der Waals surface area contributed by atoms with Crippen LogP contribution in [-0.2, 0) is 6.42 Å². The maximum Gasteiger partial charge on any atom is 0.256 e. The van der Waals surface area contributed by atoms with E-state index < -0.39 is 5.82 Å². The summed E-state index contributed by atoms with van der Waals surface area (Å²) in [7, 11) is 0. The molecule has 1 aliphatic rings. The summed E-state index contributed by atoms with van der Waals surface area (Å²) in [5.74, 6) is 0.504. The summed E-state index contributed by atoms with van der Waals surface area (Å²) in [6.07, 6.45) is 1.60. The Kier molecular flexibility index (Phi) is 6.77. The topological polar surface area (TPSA) is 62.5 Å². The summed E-state index contributed by atoms with van der Waals surface area (Å²) in [5.41, 5.74) is 2.25. The number of carbonyl (C=O) groups excluding carboxylic acids is 1. The van der Waals surface area contributed by atoms with E-state index in [2.05, 4.69) is 31.0 Å². The first-order valence-electron chi connectivity index (χ1n) is 10.4. The van der Waals surface area contributed by atoms with Crippen LogP contribution in [0, 0.1) is 12.7 Å². The molecule has 0 unspecified atom stereocenters. The minimum atomic E-state index is -0.486. The SMILES string of the molecule is Cc1ccc(-c2noc(CCCN3CCN(C(=O)c4cc(Br)ccc4F)CC3)n2)cc1. The Morgan fingerprint density at radius 2 is 1.87 bits per heavy atom. The fraction of sp³-hybridized carbons (Fsp3) is 0.348. The first-order valence-corrected chi connectivity index (χ1v) is 11.2. The van der Waals surface area contributed by atoms with Crippen molar-refractivity contribution >= 4 is 21.8 Å². The third kappa shape index (κ3) is 5.37. The van der Waals surface area contributed by atoms with E-state index in [9.17, 15) is 9.18 Å². The van der Waals surface area contributed by atoms with E-state index in [0.717, 1.165) is 31.6 Å². The normalized spacial score (nSPS) is 14.7. The lowest BCUT2D eigenvalue weighted by atomic mass is 10.1. The molecule has 3 aromatic rings. The fourth-order valence-corrected chi connectivity index (χ4v) is 4.00. The summed E-state index contributed by atoms with van der Waals surface area (Å²) in [6.45, 7) is 5.63. The summed E-state index contributed by atoms with van der Waals surface area (Å²) >= 11 is 3.30. The Labute approximate surface area is 189 Å². The van der Waals surface area contributed by atoms with Gasteiger partial charge in [-0.3, -0.25) is 9.69 Å². The molecule has 0 N–H and O–H groups in total. The van der Waals surface area contributed by atoms with Gasteiger partial charge in [0.05, 0.1) is 5.56 Å². The Bertz CT molecular complexity index is 1050. The lowest BCUT2D eigenvalue weighted by Gasteiger charge is -2.34. The summed E-state index contributed by atoms with van der Waals surface area (Å²) in [6, 6.07) is 12.5. The average Bonchev–Trinajstić information content (AvgIpc) is 3.25. The van der Waals surface area contributed by atoms with Crippen molar-refractivity contribution < 1.29 is 13.7 Å². The molecule has 8 heteroatoms. The number of nitrogens with zero attached hydrogens (tertiary/aromatic N) is 4. The van der Waals surface area contributed by atoms with Gasteiger partial charge in [0.1, 0.15) is 5.82 Å². The molecule has 0 radical (unpaired) electrons. The molecular weight excluding hydrogens is 463 g/mol. The number of carbonyl (C=O) groups is 1. The third-order valence-electron chi connectivity index (χ3n) is 5.46. The van der Waals surface area contributed by atoms with Gasteiger partial charge >= 0.3 is 0 Å². The molecule has 1 aromatic heterocycles. The first-order chi connectivity index (χ1) is 15.0. The van der Waals surface area contributed by atoms with E-state index in [1.807, 2.05) is 31.2 Å². The predicted molar refractivity (Wildman–Crippen MR) is 119 cm³/mol. The number of aryl methyl sites for hydroxylation is 2. The number of hydrogen-bond donors (Lipinski definition) is 0. The molecule has 0 spiro atoms. The van der Waals surface area contributed by atoms with E-state index in [-0.39, 0.29) is 11.5 Å². The second kappa shape index (κ2) is 9.70. The molecule has 0 saturated carbocycles. The van der Waals surface area contributed by atoms with Crippen molar-refractivity contribution in [2.24, 2.45) is 0 Å². The predicted octanol–water partition coefficient (Wildman–Crippen LogP) is 4.34. The maximum absolute atomic E-state index is 14.0. The van der Waals surface area contributed by atoms with Gasteiger partial charge in [0.25, 0.3) is 5.91 Å². The van der Waals surface area contributed by atoms with Gasteiger partial charge in [0.2, 0.25) is 11.7 Å². The minimum Gasteiger partial charge on any atom is -0.339 e. The van der Waals surface area contributed by atoms with Crippen molar-refractivity contribution in [1.29, 1.82) is 0 Å². The highest BCUT2D eigenvalue weighted by Gasteiger charge is 2.24. The molecule has 162 valence electrons. The number of hydrogen-bond acceptors (Lipinski definition) is 5. The third-order valence-corrected chi connectivity index (χ3v) is 5.95. The van der Waals surface area contributed by atoms with Crippen LogP contribution in [0.25, 0.3) is 11.4 Å². The zero-order chi connectivity index (χ0) is 21.8. The number of rotatable bonds is 6. The van der Waals surface area contributed by atoms with Crippen molar-refractivity contribution in [3.8, 4) is 11.4 Å². The van der Waals surface area contributed by atoms with Crippen LogP contribution in [0.2, 0.25) is 0 Å². The van der Waals surface area contributed by atoms with Gasteiger partial charge in [-0.25, -0.2) is 4.39 Å². The Morgan fingerprint density at radius 3 is 2.61 bits per heavy atom. The van der Waals surface area contributed by atoms with E-state index >= 15 is 0 Å². The zero-order valence-corrected chi connectivity index (χ0v) is 18.9. The van der Waals surface area contributed by atoms with Crippen LogP contribution < -0.4 is 0 Å². The molecule has 2 aromatic carbocycles. The second-order valence-corrected chi connectivity index (χ2v) is 8.65. The maximum atomic E-state index is 14.0. The van der Waals surface area contributed by atoms with E-state index in [0.29, 0.717) is 35.7 Å². The van der Waals surface area contributed by atoms with E-state index in [4.69, 9.17) is 4.52 Å². The van der Waals surface area contributed by atoms with Crippen molar-refractivity contribution in [2.45, 2.75) is 19.8 Å². The average molecular weight is 487 g/mol. The van der Waals surface area contributed by atoms with Crippen LogP contribution in [0.5, 0.6) is 0 Å². The highest BCUT2D eigenvalue weighted by molar-refractivity contribution is 9.10. The van der Waals surface area contributed by atoms with Crippen LogP contribution >= 0.6 is 15.9 Å². The first kappa shape index (κ1) is 21.6.